The second kappa shape index (κ2) is 10.0. The van der Waals surface area contributed by atoms with E-state index in [1.807, 2.05) is 62.6 Å². The van der Waals surface area contributed by atoms with Gasteiger partial charge in [0, 0.05) is 12.2 Å². The molecule has 1 atom stereocenters. The molecule has 0 aliphatic rings. The Morgan fingerprint density at radius 1 is 1.06 bits per heavy atom. The zero-order valence-corrected chi connectivity index (χ0v) is 19.8. The van der Waals surface area contributed by atoms with Crippen molar-refractivity contribution in [2.75, 3.05) is 11.1 Å². The van der Waals surface area contributed by atoms with Crippen LogP contribution < -0.4 is 10.1 Å². The summed E-state index contributed by atoms with van der Waals surface area (Å²) in [5.74, 6) is 1.80. The molecule has 1 aromatic heterocycles. The van der Waals surface area contributed by atoms with Crippen LogP contribution in [0.2, 0.25) is 0 Å². The molecule has 0 spiro atoms. The van der Waals surface area contributed by atoms with Gasteiger partial charge >= 0.3 is 0 Å². The van der Waals surface area contributed by atoms with Gasteiger partial charge in [0.05, 0.1) is 5.75 Å². The summed E-state index contributed by atoms with van der Waals surface area (Å²) in [6.45, 7) is 12.9. The molecule has 164 valence electrons. The predicted molar refractivity (Wildman–Crippen MR) is 126 cm³/mol. The van der Waals surface area contributed by atoms with Crippen LogP contribution in [-0.2, 0) is 11.3 Å². The number of amides is 1. The van der Waals surface area contributed by atoms with Gasteiger partial charge in [-0.15, -0.1) is 10.2 Å². The molecular weight excluding hydrogens is 408 g/mol. The Labute approximate surface area is 188 Å². The lowest BCUT2D eigenvalue weighted by molar-refractivity contribution is -0.113. The molecule has 7 heteroatoms. The summed E-state index contributed by atoms with van der Waals surface area (Å²) in [5, 5.41) is 12.4. The highest BCUT2D eigenvalue weighted by atomic mass is 32.2. The molecule has 31 heavy (non-hydrogen) atoms. The fraction of sp³-hybridized carbons (Fsp3) is 0.375. The second-order valence-electron chi connectivity index (χ2n) is 7.63. The number of ether oxygens (including phenoxy) is 1. The molecule has 0 saturated heterocycles. The minimum Gasteiger partial charge on any atom is -0.482 e. The van der Waals surface area contributed by atoms with Gasteiger partial charge in [0.1, 0.15) is 5.75 Å². The Kier molecular flexibility index (Phi) is 7.38. The van der Waals surface area contributed by atoms with E-state index >= 15 is 0 Å². The van der Waals surface area contributed by atoms with Gasteiger partial charge in [0.2, 0.25) is 5.91 Å². The van der Waals surface area contributed by atoms with Crippen LogP contribution in [0.3, 0.4) is 0 Å². The van der Waals surface area contributed by atoms with Gasteiger partial charge in [-0.1, -0.05) is 36.0 Å². The van der Waals surface area contributed by atoms with Crippen molar-refractivity contribution in [3.63, 3.8) is 0 Å². The Hall–Kier alpha value is -2.80. The third-order valence-electron chi connectivity index (χ3n) is 5.50. The van der Waals surface area contributed by atoms with E-state index < -0.39 is 0 Å². The van der Waals surface area contributed by atoms with Crippen molar-refractivity contribution in [3.05, 3.63) is 64.5 Å². The van der Waals surface area contributed by atoms with Gasteiger partial charge in [-0.2, -0.15) is 0 Å². The average Bonchev–Trinajstić information content (AvgIpc) is 3.16. The molecular formula is C24H30N4O2S. The maximum atomic E-state index is 12.5. The molecule has 0 aliphatic heterocycles. The topological polar surface area (TPSA) is 69.0 Å². The van der Waals surface area contributed by atoms with Gasteiger partial charge in [0.15, 0.2) is 17.1 Å². The van der Waals surface area contributed by atoms with Crippen molar-refractivity contribution in [3.8, 4) is 5.75 Å². The maximum absolute atomic E-state index is 12.5. The number of hydrogen-bond donors (Lipinski definition) is 1. The third kappa shape index (κ3) is 5.28. The summed E-state index contributed by atoms with van der Waals surface area (Å²) in [4.78, 5) is 12.5. The fourth-order valence-electron chi connectivity index (χ4n) is 3.30. The molecule has 2 aromatic carbocycles. The number of aromatic nitrogens is 3. The largest absolute Gasteiger partial charge is 0.482 e. The first-order valence-electron chi connectivity index (χ1n) is 10.5. The predicted octanol–water partition coefficient (Wildman–Crippen LogP) is 5.40. The molecule has 6 nitrogen and oxygen atoms in total. The monoisotopic (exact) mass is 438 g/mol. The number of carbonyl (C=O) groups is 1. The van der Waals surface area contributed by atoms with Crippen LogP contribution in [0.25, 0.3) is 0 Å². The number of aryl methyl sites for hydroxylation is 2. The third-order valence-corrected chi connectivity index (χ3v) is 6.46. The number of hydrogen-bond acceptors (Lipinski definition) is 5. The number of rotatable bonds is 8. The van der Waals surface area contributed by atoms with Crippen LogP contribution in [0.15, 0.2) is 41.6 Å². The average molecular weight is 439 g/mol. The van der Waals surface area contributed by atoms with E-state index in [0.29, 0.717) is 11.7 Å². The second-order valence-corrected chi connectivity index (χ2v) is 8.57. The van der Waals surface area contributed by atoms with Gasteiger partial charge in [-0.3, -0.25) is 4.79 Å². The lowest BCUT2D eigenvalue weighted by atomic mass is 10.1. The van der Waals surface area contributed by atoms with Crippen LogP contribution >= 0.6 is 11.8 Å². The van der Waals surface area contributed by atoms with Crippen molar-refractivity contribution in [1.82, 2.24) is 14.8 Å². The van der Waals surface area contributed by atoms with E-state index in [1.165, 1.54) is 17.3 Å². The smallest absolute Gasteiger partial charge is 0.234 e. The molecule has 3 rings (SSSR count). The lowest BCUT2D eigenvalue weighted by Crippen LogP contribution is -2.16. The van der Waals surface area contributed by atoms with E-state index in [-0.39, 0.29) is 17.8 Å². The summed E-state index contributed by atoms with van der Waals surface area (Å²) in [7, 11) is 0. The molecule has 3 aromatic rings. The fourth-order valence-corrected chi connectivity index (χ4v) is 4.11. The van der Waals surface area contributed by atoms with Gasteiger partial charge < -0.3 is 14.6 Å². The zero-order valence-electron chi connectivity index (χ0n) is 19.0. The van der Waals surface area contributed by atoms with Gasteiger partial charge in [-0.25, -0.2) is 0 Å². The highest BCUT2D eigenvalue weighted by molar-refractivity contribution is 7.99. The van der Waals surface area contributed by atoms with E-state index in [9.17, 15) is 4.79 Å². The molecule has 1 unspecified atom stereocenters. The summed E-state index contributed by atoms with van der Waals surface area (Å²) in [6.07, 6.45) is -0.258. The Morgan fingerprint density at radius 3 is 2.45 bits per heavy atom. The molecule has 0 bridgehead atoms. The SMILES string of the molecule is CCn1c(SCC(=O)Nc2cccc(C)c2C)nnc1C(C)Oc1cccc(C)c1C. The molecule has 1 amide bonds. The van der Waals surface area contributed by atoms with E-state index in [0.717, 1.165) is 34.0 Å². The van der Waals surface area contributed by atoms with Crippen molar-refractivity contribution < 1.29 is 9.53 Å². The Bertz CT molecular complexity index is 1080. The number of thioether (sulfide) groups is 1. The Morgan fingerprint density at radius 2 is 1.74 bits per heavy atom. The number of carbonyl (C=O) groups excluding carboxylic acids is 1. The van der Waals surface area contributed by atoms with Gasteiger partial charge in [-0.05, 0) is 75.9 Å². The highest BCUT2D eigenvalue weighted by Gasteiger charge is 2.20. The lowest BCUT2D eigenvalue weighted by Gasteiger charge is -2.17. The van der Waals surface area contributed by atoms with Crippen molar-refractivity contribution in [2.45, 2.75) is 59.3 Å². The van der Waals surface area contributed by atoms with Gasteiger partial charge in [0.25, 0.3) is 0 Å². The van der Waals surface area contributed by atoms with Crippen molar-refractivity contribution >= 4 is 23.4 Å². The molecule has 0 fully saturated rings. The van der Waals surface area contributed by atoms with E-state index in [1.54, 1.807) is 0 Å². The molecule has 1 heterocycles. The minimum absolute atomic E-state index is 0.0643. The van der Waals surface area contributed by atoms with Crippen LogP contribution in [0, 0.1) is 27.7 Å². The molecule has 0 saturated carbocycles. The van der Waals surface area contributed by atoms with E-state index in [2.05, 4.69) is 35.4 Å². The Balaban J connectivity index is 1.67. The van der Waals surface area contributed by atoms with E-state index in [4.69, 9.17) is 4.74 Å². The first-order valence-corrected chi connectivity index (χ1v) is 11.4. The number of anilines is 1. The molecule has 0 radical (unpaired) electrons. The number of benzene rings is 2. The minimum atomic E-state index is -0.258. The summed E-state index contributed by atoms with van der Waals surface area (Å²) in [5.41, 5.74) is 5.39. The van der Waals surface area contributed by atoms with Crippen molar-refractivity contribution in [1.29, 1.82) is 0 Å². The van der Waals surface area contributed by atoms with Crippen LogP contribution in [0.4, 0.5) is 5.69 Å². The van der Waals surface area contributed by atoms with Crippen LogP contribution in [0.1, 0.15) is 48.0 Å². The maximum Gasteiger partial charge on any atom is 0.234 e. The summed E-state index contributed by atoms with van der Waals surface area (Å²) in [6, 6.07) is 11.9. The number of nitrogens with zero attached hydrogens (tertiary/aromatic N) is 3. The molecule has 0 aliphatic carbocycles. The number of nitrogens with one attached hydrogen (secondary N) is 1. The standard InChI is InChI=1S/C24H30N4O2S/c1-7-28-23(19(6)30-21-13-9-11-16(3)18(21)5)26-27-24(28)31-14-22(29)25-20-12-8-10-15(2)17(20)4/h8-13,19H,7,14H2,1-6H3,(H,25,29). The summed E-state index contributed by atoms with van der Waals surface area (Å²) >= 11 is 1.38. The van der Waals surface area contributed by atoms with Crippen molar-refractivity contribution in [2.24, 2.45) is 0 Å². The zero-order chi connectivity index (χ0) is 22.5. The quantitative estimate of drug-likeness (QED) is 0.477. The highest BCUT2D eigenvalue weighted by Crippen LogP contribution is 2.28. The molecule has 1 N–H and O–H groups in total. The van der Waals surface area contributed by atoms with Crippen LogP contribution in [0.5, 0.6) is 5.75 Å². The first kappa shape index (κ1) is 22.9. The summed E-state index contributed by atoms with van der Waals surface area (Å²) < 4.78 is 8.19. The van der Waals surface area contributed by atoms with Crippen LogP contribution in [-0.4, -0.2) is 26.4 Å². The first-order chi connectivity index (χ1) is 14.8. The normalized spacial score (nSPS) is 11.9.